The summed E-state index contributed by atoms with van der Waals surface area (Å²) in [4.78, 5) is 25.2. The number of nitrogens with one attached hydrogen (secondary N) is 1. The van der Waals surface area contributed by atoms with Crippen molar-refractivity contribution in [3.63, 3.8) is 0 Å². The largest absolute Gasteiger partial charge is 0.351 e. The smallest absolute Gasteiger partial charge is 0.229 e. The topological polar surface area (TPSA) is 49.4 Å². The standard InChI is InChI=1S/C15H19FN2O2/c1-10(2)6-14(19)17-12-8-15(20)18(9-12)13-5-3-4-11(16)7-13/h3-5,7,10,12H,6,8-9H2,1-2H3,(H,17,19)/t12-/m1/s1. The number of nitrogens with zero attached hydrogens (tertiary/aromatic N) is 1. The number of benzene rings is 1. The highest BCUT2D eigenvalue weighted by Crippen LogP contribution is 2.22. The molecule has 20 heavy (non-hydrogen) atoms. The van der Waals surface area contributed by atoms with Gasteiger partial charge >= 0.3 is 0 Å². The Balaban J connectivity index is 1.99. The van der Waals surface area contributed by atoms with Crippen molar-refractivity contribution in [2.45, 2.75) is 32.7 Å². The molecule has 1 saturated heterocycles. The van der Waals surface area contributed by atoms with E-state index in [0.29, 0.717) is 18.7 Å². The molecule has 0 aromatic heterocycles. The number of carbonyl (C=O) groups is 2. The zero-order valence-electron chi connectivity index (χ0n) is 11.7. The third-order valence-corrected chi connectivity index (χ3v) is 3.20. The van der Waals surface area contributed by atoms with Crippen LogP contribution in [0.15, 0.2) is 24.3 Å². The van der Waals surface area contributed by atoms with Crippen LogP contribution >= 0.6 is 0 Å². The summed E-state index contributed by atoms with van der Waals surface area (Å²) in [5.74, 6) is -0.224. The maximum atomic E-state index is 13.2. The van der Waals surface area contributed by atoms with Crippen molar-refractivity contribution < 1.29 is 14.0 Å². The zero-order chi connectivity index (χ0) is 14.7. The molecule has 1 atom stereocenters. The molecule has 108 valence electrons. The van der Waals surface area contributed by atoms with Gasteiger partial charge < -0.3 is 10.2 Å². The van der Waals surface area contributed by atoms with Gasteiger partial charge in [-0.25, -0.2) is 4.39 Å². The van der Waals surface area contributed by atoms with Gasteiger partial charge in [0.05, 0.1) is 6.04 Å². The summed E-state index contributed by atoms with van der Waals surface area (Å²) in [6.07, 6.45) is 0.713. The van der Waals surface area contributed by atoms with E-state index in [1.54, 1.807) is 12.1 Å². The van der Waals surface area contributed by atoms with E-state index < -0.39 is 0 Å². The third kappa shape index (κ3) is 3.56. The highest BCUT2D eigenvalue weighted by Gasteiger charge is 2.31. The minimum Gasteiger partial charge on any atom is -0.351 e. The lowest BCUT2D eigenvalue weighted by Crippen LogP contribution is -2.37. The predicted molar refractivity (Wildman–Crippen MR) is 74.8 cm³/mol. The summed E-state index contributed by atoms with van der Waals surface area (Å²) in [7, 11) is 0. The summed E-state index contributed by atoms with van der Waals surface area (Å²) < 4.78 is 13.2. The fourth-order valence-corrected chi connectivity index (χ4v) is 2.36. The van der Waals surface area contributed by atoms with Crippen LogP contribution in [0.1, 0.15) is 26.7 Å². The van der Waals surface area contributed by atoms with Crippen LogP contribution in [-0.4, -0.2) is 24.4 Å². The molecule has 0 unspecified atom stereocenters. The van der Waals surface area contributed by atoms with E-state index in [1.807, 2.05) is 13.8 Å². The molecule has 0 saturated carbocycles. The molecule has 1 aliphatic rings. The Morgan fingerprint density at radius 1 is 1.50 bits per heavy atom. The summed E-state index contributed by atoms with van der Waals surface area (Å²) in [5.41, 5.74) is 0.538. The first-order valence-corrected chi connectivity index (χ1v) is 6.81. The van der Waals surface area contributed by atoms with Gasteiger partial charge in [0.1, 0.15) is 5.82 Å². The number of carbonyl (C=O) groups excluding carboxylic acids is 2. The van der Waals surface area contributed by atoms with Crippen LogP contribution in [0.4, 0.5) is 10.1 Å². The first-order valence-electron chi connectivity index (χ1n) is 6.81. The second kappa shape index (κ2) is 6.03. The first kappa shape index (κ1) is 14.5. The van der Waals surface area contributed by atoms with Crippen molar-refractivity contribution in [3.8, 4) is 0 Å². The van der Waals surface area contributed by atoms with Gasteiger partial charge in [0, 0.05) is 25.1 Å². The van der Waals surface area contributed by atoms with Crippen LogP contribution in [0, 0.1) is 11.7 Å². The second-order valence-electron chi connectivity index (χ2n) is 5.55. The molecule has 1 fully saturated rings. The van der Waals surface area contributed by atoms with Crippen molar-refractivity contribution in [3.05, 3.63) is 30.1 Å². The Bertz CT molecular complexity index is 516. The molecule has 0 aliphatic carbocycles. The van der Waals surface area contributed by atoms with Gasteiger partial charge in [-0.2, -0.15) is 0 Å². The average molecular weight is 278 g/mol. The lowest BCUT2D eigenvalue weighted by atomic mass is 10.1. The number of anilines is 1. The van der Waals surface area contributed by atoms with Crippen LogP contribution < -0.4 is 10.2 Å². The van der Waals surface area contributed by atoms with Crippen LogP contribution in [0.25, 0.3) is 0 Å². The molecule has 4 nitrogen and oxygen atoms in total. The van der Waals surface area contributed by atoms with E-state index >= 15 is 0 Å². The van der Waals surface area contributed by atoms with Crippen molar-refractivity contribution >= 4 is 17.5 Å². The van der Waals surface area contributed by atoms with Gasteiger partial charge in [-0.15, -0.1) is 0 Å². The van der Waals surface area contributed by atoms with E-state index in [1.165, 1.54) is 17.0 Å². The van der Waals surface area contributed by atoms with Crippen LogP contribution in [0.5, 0.6) is 0 Å². The summed E-state index contributed by atoms with van der Waals surface area (Å²) in [6.45, 7) is 4.34. The van der Waals surface area contributed by atoms with Crippen LogP contribution in [0.3, 0.4) is 0 Å². The Morgan fingerprint density at radius 3 is 2.90 bits per heavy atom. The summed E-state index contributed by atoms with van der Waals surface area (Å²) >= 11 is 0. The molecule has 1 heterocycles. The molecule has 2 rings (SSSR count). The van der Waals surface area contributed by atoms with E-state index in [2.05, 4.69) is 5.32 Å². The fourth-order valence-electron chi connectivity index (χ4n) is 2.36. The van der Waals surface area contributed by atoms with Crippen molar-refractivity contribution in [1.82, 2.24) is 5.32 Å². The quantitative estimate of drug-likeness (QED) is 0.917. The highest BCUT2D eigenvalue weighted by atomic mass is 19.1. The predicted octanol–water partition coefficient (Wildman–Crippen LogP) is 2.09. The van der Waals surface area contributed by atoms with Crippen molar-refractivity contribution in [1.29, 1.82) is 0 Å². The van der Waals surface area contributed by atoms with Gasteiger partial charge in [0.15, 0.2) is 0 Å². The lowest BCUT2D eigenvalue weighted by molar-refractivity contribution is -0.122. The number of amides is 2. The SMILES string of the molecule is CC(C)CC(=O)N[C@@H]1CC(=O)N(c2cccc(F)c2)C1. The van der Waals surface area contributed by atoms with Gasteiger partial charge in [0.2, 0.25) is 11.8 Å². The monoisotopic (exact) mass is 278 g/mol. The molecule has 5 heteroatoms. The van der Waals surface area contributed by atoms with Crippen molar-refractivity contribution in [2.75, 3.05) is 11.4 Å². The van der Waals surface area contributed by atoms with E-state index in [-0.39, 0.29) is 36.0 Å². The summed E-state index contributed by atoms with van der Waals surface area (Å²) in [6, 6.07) is 5.74. The molecular formula is C15H19FN2O2. The highest BCUT2D eigenvalue weighted by molar-refractivity contribution is 5.96. The molecule has 2 amide bonds. The minimum atomic E-state index is -0.373. The van der Waals surface area contributed by atoms with Crippen LogP contribution in [-0.2, 0) is 9.59 Å². The molecule has 1 aromatic rings. The lowest BCUT2D eigenvalue weighted by Gasteiger charge is -2.17. The number of halogens is 1. The molecular weight excluding hydrogens is 259 g/mol. The summed E-state index contributed by atoms with van der Waals surface area (Å²) in [5, 5.41) is 2.86. The molecule has 1 aromatic carbocycles. The van der Waals surface area contributed by atoms with Gasteiger partial charge in [-0.05, 0) is 24.1 Å². The van der Waals surface area contributed by atoms with E-state index in [4.69, 9.17) is 0 Å². The molecule has 1 N–H and O–H groups in total. The molecule has 1 aliphatic heterocycles. The number of hydrogen-bond donors (Lipinski definition) is 1. The van der Waals surface area contributed by atoms with Crippen molar-refractivity contribution in [2.24, 2.45) is 5.92 Å². The molecule has 0 radical (unpaired) electrons. The second-order valence-corrected chi connectivity index (χ2v) is 5.55. The number of rotatable bonds is 4. The van der Waals surface area contributed by atoms with Crippen LogP contribution in [0.2, 0.25) is 0 Å². The van der Waals surface area contributed by atoms with Gasteiger partial charge in [-0.1, -0.05) is 19.9 Å². The van der Waals surface area contributed by atoms with Gasteiger partial charge in [-0.3, -0.25) is 9.59 Å². The maximum absolute atomic E-state index is 13.2. The molecule has 0 bridgehead atoms. The Hall–Kier alpha value is -1.91. The van der Waals surface area contributed by atoms with E-state index in [0.717, 1.165) is 0 Å². The maximum Gasteiger partial charge on any atom is 0.229 e. The zero-order valence-corrected chi connectivity index (χ0v) is 11.7. The first-order chi connectivity index (χ1) is 9.45. The minimum absolute atomic E-state index is 0.0427. The average Bonchev–Trinajstić information content (AvgIpc) is 2.68. The Morgan fingerprint density at radius 2 is 2.25 bits per heavy atom. The van der Waals surface area contributed by atoms with Gasteiger partial charge in [0.25, 0.3) is 0 Å². The Kier molecular flexibility index (Phi) is 4.37. The van der Waals surface area contributed by atoms with E-state index in [9.17, 15) is 14.0 Å². The normalized spacial score (nSPS) is 18.7. The third-order valence-electron chi connectivity index (χ3n) is 3.20. The fraction of sp³-hybridized carbons (Fsp3) is 0.467. The molecule has 0 spiro atoms. The number of hydrogen-bond acceptors (Lipinski definition) is 2. The Labute approximate surface area is 118 Å².